The summed E-state index contributed by atoms with van der Waals surface area (Å²) in [6.45, 7) is 20.1. The fraction of sp³-hybridized carbons (Fsp3) is 0.368. The third-order valence-electron chi connectivity index (χ3n) is 3.80. The molecule has 1 aliphatic carbocycles. The summed E-state index contributed by atoms with van der Waals surface area (Å²) < 4.78 is 0. The molecule has 3 atom stereocenters. The second-order valence-corrected chi connectivity index (χ2v) is 5.58. The fourth-order valence-corrected chi connectivity index (χ4v) is 2.07. The van der Waals surface area contributed by atoms with Crippen molar-refractivity contribution in [3.63, 3.8) is 0 Å². The molecule has 0 heterocycles. The first kappa shape index (κ1) is 16.3. The predicted molar refractivity (Wildman–Crippen MR) is 90.4 cm³/mol. The monoisotopic (exact) mass is 269 g/mol. The zero-order chi connectivity index (χ0) is 15.1. The molecule has 1 nitrogen and oxygen atoms in total. The Kier molecular flexibility index (Phi) is 6.30. The lowest BCUT2D eigenvalue weighted by molar-refractivity contribution is 0.599. The van der Waals surface area contributed by atoms with E-state index in [2.05, 4.69) is 63.7 Å². The van der Waals surface area contributed by atoms with Crippen molar-refractivity contribution < 1.29 is 0 Å². The van der Waals surface area contributed by atoms with Crippen LogP contribution in [0.25, 0.3) is 0 Å². The molecule has 0 amide bonds. The van der Waals surface area contributed by atoms with E-state index in [1.807, 2.05) is 12.2 Å². The van der Waals surface area contributed by atoms with Crippen LogP contribution in [0.4, 0.5) is 0 Å². The van der Waals surface area contributed by atoms with E-state index in [0.717, 1.165) is 24.1 Å². The summed E-state index contributed by atoms with van der Waals surface area (Å²) in [7, 11) is 0. The van der Waals surface area contributed by atoms with E-state index in [9.17, 15) is 0 Å². The van der Waals surface area contributed by atoms with Gasteiger partial charge in [0.05, 0.1) is 6.04 Å². The molecule has 0 saturated heterocycles. The number of nitrogens with one attached hydrogen (secondary N) is 1. The minimum Gasteiger partial charge on any atom is -0.381 e. The molecular formula is C19H27N. The minimum atomic E-state index is 0.145. The standard InChI is InChI=1S/C19H27N/c1-7-15(4)17(6)20-19(16(5)8-2)13-18-11-9-14(3)10-12-18/h7-9,11-12,14-15,19-20H,1-2,5-6,10,13H2,3-4H3. The van der Waals surface area contributed by atoms with Gasteiger partial charge in [0, 0.05) is 11.6 Å². The van der Waals surface area contributed by atoms with Crippen molar-refractivity contribution in [1.29, 1.82) is 0 Å². The van der Waals surface area contributed by atoms with Crippen molar-refractivity contribution in [3.05, 3.63) is 73.5 Å². The fourth-order valence-electron chi connectivity index (χ4n) is 2.07. The molecule has 0 fully saturated rings. The third kappa shape index (κ3) is 4.73. The van der Waals surface area contributed by atoms with Crippen molar-refractivity contribution in [1.82, 2.24) is 5.32 Å². The Hall–Kier alpha value is -1.76. The highest BCUT2D eigenvalue weighted by Gasteiger charge is 2.15. The van der Waals surface area contributed by atoms with Crippen LogP contribution in [0.5, 0.6) is 0 Å². The van der Waals surface area contributed by atoms with E-state index < -0.39 is 0 Å². The molecule has 0 spiro atoms. The normalized spacial score (nSPS) is 20.5. The Morgan fingerprint density at radius 1 is 1.45 bits per heavy atom. The van der Waals surface area contributed by atoms with Crippen molar-refractivity contribution in [2.45, 2.75) is 32.7 Å². The summed E-state index contributed by atoms with van der Waals surface area (Å²) in [5.74, 6) is 0.884. The third-order valence-corrected chi connectivity index (χ3v) is 3.80. The summed E-state index contributed by atoms with van der Waals surface area (Å²) in [6, 6.07) is 0.145. The van der Waals surface area contributed by atoms with Gasteiger partial charge >= 0.3 is 0 Å². The lowest BCUT2D eigenvalue weighted by atomic mass is 9.92. The minimum absolute atomic E-state index is 0.145. The van der Waals surface area contributed by atoms with Gasteiger partial charge in [0.25, 0.3) is 0 Å². The lowest BCUT2D eigenvalue weighted by Gasteiger charge is -2.25. The van der Waals surface area contributed by atoms with Crippen LogP contribution in [0, 0.1) is 11.8 Å². The largest absolute Gasteiger partial charge is 0.381 e. The maximum Gasteiger partial charge on any atom is 0.0545 e. The molecule has 3 unspecified atom stereocenters. The first-order valence-electron chi connectivity index (χ1n) is 7.24. The Labute approximate surface area is 124 Å². The lowest BCUT2D eigenvalue weighted by Crippen LogP contribution is -2.31. The van der Waals surface area contributed by atoms with Gasteiger partial charge in [0.1, 0.15) is 0 Å². The summed E-state index contributed by atoms with van der Waals surface area (Å²) in [4.78, 5) is 0. The van der Waals surface area contributed by atoms with Gasteiger partial charge in [-0.3, -0.25) is 0 Å². The number of rotatable bonds is 8. The molecule has 0 bridgehead atoms. The van der Waals surface area contributed by atoms with Crippen LogP contribution < -0.4 is 5.32 Å². The van der Waals surface area contributed by atoms with E-state index >= 15 is 0 Å². The van der Waals surface area contributed by atoms with Crippen LogP contribution in [0.3, 0.4) is 0 Å². The molecule has 0 radical (unpaired) electrons. The molecule has 108 valence electrons. The van der Waals surface area contributed by atoms with Crippen LogP contribution in [-0.4, -0.2) is 6.04 Å². The second kappa shape index (κ2) is 7.74. The van der Waals surface area contributed by atoms with Gasteiger partial charge in [-0.15, -0.1) is 6.58 Å². The molecule has 0 aromatic rings. The van der Waals surface area contributed by atoms with E-state index in [0.29, 0.717) is 5.92 Å². The Morgan fingerprint density at radius 2 is 2.15 bits per heavy atom. The van der Waals surface area contributed by atoms with Gasteiger partial charge in [-0.1, -0.05) is 64.0 Å². The Morgan fingerprint density at radius 3 is 2.65 bits per heavy atom. The van der Waals surface area contributed by atoms with Crippen LogP contribution >= 0.6 is 0 Å². The van der Waals surface area contributed by atoms with E-state index in [1.165, 1.54) is 5.57 Å². The first-order chi connectivity index (χ1) is 9.47. The van der Waals surface area contributed by atoms with Gasteiger partial charge in [-0.2, -0.15) is 0 Å². The highest BCUT2D eigenvalue weighted by atomic mass is 14.9. The Bertz CT molecular complexity index is 450. The van der Waals surface area contributed by atoms with Gasteiger partial charge in [0.15, 0.2) is 0 Å². The molecule has 20 heavy (non-hydrogen) atoms. The highest BCUT2D eigenvalue weighted by molar-refractivity contribution is 5.30. The SMILES string of the molecule is C=CC(=C)C(CC1=CCC(C)C=C1)NC(=C)C(C)C=C. The topological polar surface area (TPSA) is 12.0 Å². The zero-order valence-electron chi connectivity index (χ0n) is 12.9. The molecule has 0 aliphatic heterocycles. The van der Waals surface area contributed by atoms with E-state index in [1.54, 1.807) is 0 Å². The van der Waals surface area contributed by atoms with Crippen molar-refractivity contribution in [2.75, 3.05) is 0 Å². The predicted octanol–water partition coefficient (Wildman–Crippen LogP) is 4.94. The van der Waals surface area contributed by atoms with Crippen molar-refractivity contribution in [2.24, 2.45) is 11.8 Å². The van der Waals surface area contributed by atoms with Crippen LogP contribution in [0.15, 0.2) is 73.5 Å². The molecule has 0 saturated carbocycles. The van der Waals surface area contributed by atoms with Crippen molar-refractivity contribution in [3.8, 4) is 0 Å². The molecule has 1 N–H and O–H groups in total. The van der Waals surface area contributed by atoms with Gasteiger partial charge in [-0.25, -0.2) is 0 Å². The van der Waals surface area contributed by atoms with Crippen LogP contribution in [0.2, 0.25) is 0 Å². The van der Waals surface area contributed by atoms with Gasteiger partial charge < -0.3 is 5.32 Å². The summed E-state index contributed by atoms with van der Waals surface area (Å²) >= 11 is 0. The number of hydrogen-bond acceptors (Lipinski definition) is 1. The Balaban J connectivity index is 2.73. The quantitative estimate of drug-likeness (QED) is 0.486. The molecule has 1 heteroatoms. The average Bonchev–Trinajstić information content (AvgIpc) is 2.46. The first-order valence-corrected chi connectivity index (χ1v) is 7.24. The molecule has 1 aliphatic rings. The summed E-state index contributed by atoms with van der Waals surface area (Å²) in [6.07, 6.45) is 12.5. The van der Waals surface area contributed by atoms with Crippen LogP contribution in [-0.2, 0) is 0 Å². The molecule has 0 aromatic carbocycles. The maximum atomic E-state index is 4.09. The number of allylic oxidation sites excluding steroid dienone is 4. The molecule has 0 aromatic heterocycles. The van der Waals surface area contributed by atoms with Crippen LogP contribution in [0.1, 0.15) is 26.7 Å². The number of hydrogen-bond donors (Lipinski definition) is 1. The average molecular weight is 269 g/mol. The summed E-state index contributed by atoms with van der Waals surface area (Å²) in [5.41, 5.74) is 3.32. The van der Waals surface area contributed by atoms with Gasteiger partial charge in [0.2, 0.25) is 0 Å². The van der Waals surface area contributed by atoms with E-state index in [-0.39, 0.29) is 12.0 Å². The highest BCUT2D eigenvalue weighted by Crippen LogP contribution is 2.22. The summed E-state index contributed by atoms with van der Waals surface area (Å²) in [5, 5.41) is 3.47. The zero-order valence-corrected chi connectivity index (χ0v) is 12.9. The maximum absolute atomic E-state index is 4.09. The smallest absolute Gasteiger partial charge is 0.0545 e. The molecular weight excluding hydrogens is 242 g/mol. The van der Waals surface area contributed by atoms with Gasteiger partial charge in [-0.05, 0) is 29.9 Å². The van der Waals surface area contributed by atoms with Crippen molar-refractivity contribution >= 4 is 0 Å². The van der Waals surface area contributed by atoms with E-state index in [4.69, 9.17) is 0 Å². The second-order valence-electron chi connectivity index (χ2n) is 5.58. The molecule has 1 rings (SSSR count).